The molecular weight excluding hydrogens is 412 g/mol. The average Bonchev–Trinajstić information content (AvgIpc) is 3.55. The van der Waals surface area contributed by atoms with Gasteiger partial charge in [0.15, 0.2) is 0 Å². The average molecular weight is 437 g/mol. The van der Waals surface area contributed by atoms with Crippen LogP contribution in [0.3, 0.4) is 0 Å². The molecule has 0 saturated carbocycles. The van der Waals surface area contributed by atoms with Crippen LogP contribution in [0.4, 0.5) is 0 Å². The number of hydrogen-bond donors (Lipinski definition) is 0. The van der Waals surface area contributed by atoms with Crippen molar-refractivity contribution in [3.8, 4) is 0 Å². The van der Waals surface area contributed by atoms with Crippen LogP contribution in [0.2, 0.25) is 5.02 Å². The van der Waals surface area contributed by atoms with E-state index in [9.17, 15) is 4.79 Å². The molecule has 0 unspecified atom stereocenters. The summed E-state index contributed by atoms with van der Waals surface area (Å²) in [6.07, 6.45) is 6.46. The van der Waals surface area contributed by atoms with Crippen molar-refractivity contribution in [2.75, 3.05) is 13.1 Å². The van der Waals surface area contributed by atoms with Gasteiger partial charge in [0, 0.05) is 30.4 Å². The van der Waals surface area contributed by atoms with Gasteiger partial charge in [-0.3, -0.25) is 9.69 Å². The SMILES string of the molecule is Cn1cccc1[C@H]1CCCN1CC(=O)N1N=C(c2ccc(Cl)cc2)C[C@H]1c1ccco1. The topological polar surface area (TPSA) is 54.0 Å². The van der Waals surface area contributed by atoms with Gasteiger partial charge in [-0.25, -0.2) is 5.01 Å². The Morgan fingerprint density at radius 2 is 2.00 bits per heavy atom. The van der Waals surface area contributed by atoms with Gasteiger partial charge in [0.25, 0.3) is 5.91 Å². The maximum atomic E-state index is 13.4. The molecule has 2 aliphatic heterocycles. The molecule has 6 nitrogen and oxygen atoms in total. The third-order valence-electron chi connectivity index (χ3n) is 6.24. The lowest BCUT2D eigenvalue weighted by Gasteiger charge is -2.27. The molecule has 0 radical (unpaired) electrons. The Morgan fingerprint density at radius 3 is 2.71 bits per heavy atom. The van der Waals surface area contributed by atoms with Crippen molar-refractivity contribution in [1.82, 2.24) is 14.5 Å². The predicted octanol–water partition coefficient (Wildman–Crippen LogP) is 4.79. The maximum absolute atomic E-state index is 13.4. The number of aryl methyl sites for hydroxylation is 1. The fourth-order valence-electron chi connectivity index (χ4n) is 4.68. The lowest BCUT2D eigenvalue weighted by atomic mass is 10.0. The highest BCUT2D eigenvalue weighted by Crippen LogP contribution is 2.35. The first-order chi connectivity index (χ1) is 15.1. The highest BCUT2D eigenvalue weighted by atomic mass is 35.5. The summed E-state index contributed by atoms with van der Waals surface area (Å²) >= 11 is 6.04. The summed E-state index contributed by atoms with van der Waals surface area (Å²) < 4.78 is 7.81. The number of likely N-dealkylation sites (tertiary alicyclic amines) is 1. The van der Waals surface area contributed by atoms with E-state index in [1.807, 2.05) is 36.4 Å². The van der Waals surface area contributed by atoms with Crippen molar-refractivity contribution in [2.45, 2.75) is 31.3 Å². The quantitative estimate of drug-likeness (QED) is 0.578. The molecule has 2 aromatic heterocycles. The maximum Gasteiger partial charge on any atom is 0.257 e. The second-order valence-corrected chi connectivity index (χ2v) is 8.64. The molecule has 1 saturated heterocycles. The zero-order valence-corrected chi connectivity index (χ0v) is 18.2. The van der Waals surface area contributed by atoms with Crippen molar-refractivity contribution in [1.29, 1.82) is 0 Å². The Morgan fingerprint density at radius 1 is 1.16 bits per heavy atom. The van der Waals surface area contributed by atoms with E-state index < -0.39 is 0 Å². The van der Waals surface area contributed by atoms with Crippen LogP contribution >= 0.6 is 11.6 Å². The number of benzene rings is 1. The summed E-state index contributed by atoms with van der Waals surface area (Å²) in [7, 11) is 2.06. The first-order valence-corrected chi connectivity index (χ1v) is 11.0. The smallest absolute Gasteiger partial charge is 0.257 e. The predicted molar refractivity (Wildman–Crippen MR) is 120 cm³/mol. The zero-order valence-electron chi connectivity index (χ0n) is 17.4. The second kappa shape index (κ2) is 8.36. The minimum atomic E-state index is -0.232. The Bertz CT molecular complexity index is 1090. The molecule has 4 heterocycles. The van der Waals surface area contributed by atoms with Gasteiger partial charge in [-0.1, -0.05) is 23.7 Å². The molecule has 3 aromatic rings. The molecule has 1 amide bonds. The van der Waals surface area contributed by atoms with Crippen LogP contribution < -0.4 is 0 Å². The lowest BCUT2D eigenvalue weighted by Crippen LogP contribution is -2.38. The number of hydrazone groups is 1. The van der Waals surface area contributed by atoms with Crippen LogP contribution in [-0.4, -0.2) is 39.2 Å². The second-order valence-electron chi connectivity index (χ2n) is 8.20. The van der Waals surface area contributed by atoms with Crippen LogP contribution in [-0.2, 0) is 11.8 Å². The number of rotatable bonds is 5. The minimum Gasteiger partial charge on any atom is -0.467 e. The summed E-state index contributed by atoms with van der Waals surface area (Å²) in [6.45, 7) is 1.25. The van der Waals surface area contributed by atoms with Gasteiger partial charge in [0.1, 0.15) is 11.8 Å². The Labute approximate surface area is 186 Å². The molecule has 5 rings (SSSR count). The fourth-order valence-corrected chi connectivity index (χ4v) is 4.80. The van der Waals surface area contributed by atoms with E-state index in [4.69, 9.17) is 21.1 Å². The van der Waals surface area contributed by atoms with Crippen LogP contribution in [0, 0.1) is 0 Å². The van der Waals surface area contributed by atoms with Gasteiger partial charge < -0.3 is 8.98 Å². The van der Waals surface area contributed by atoms with E-state index in [-0.39, 0.29) is 18.0 Å². The molecule has 7 heteroatoms. The molecular formula is C24H25ClN4O2. The summed E-state index contributed by atoms with van der Waals surface area (Å²) in [5.74, 6) is 0.743. The van der Waals surface area contributed by atoms with E-state index in [1.165, 1.54) is 5.69 Å². The first-order valence-electron chi connectivity index (χ1n) is 10.6. The Kier molecular flexibility index (Phi) is 5.42. The molecule has 31 heavy (non-hydrogen) atoms. The molecule has 160 valence electrons. The largest absolute Gasteiger partial charge is 0.467 e. The summed E-state index contributed by atoms with van der Waals surface area (Å²) in [6, 6.07) is 15.6. The molecule has 1 aromatic carbocycles. The molecule has 0 aliphatic carbocycles. The van der Waals surface area contributed by atoms with Crippen LogP contribution in [0.25, 0.3) is 0 Å². The number of nitrogens with zero attached hydrogens (tertiary/aromatic N) is 4. The zero-order chi connectivity index (χ0) is 21.4. The monoisotopic (exact) mass is 436 g/mol. The highest BCUT2D eigenvalue weighted by molar-refractivity contribution is 6.30. The van der Waals surface area contributed by atoms with E-state index in [1.54, 1.807) is 11.3 Å². The van der Waals surface area contributed by atoms with Crippen molar-refractivity contribution >= 4 is 23.2 Å². The number of furan rings is 1. The van der Waals surface area contributed by atoms with E-state index in [0.717, 1.165) is 36.4 Å². The highest BCUT2D eigenvalue weighted by Gasteiger charge is 2.37. The number of aromatic nitrogens is 1. The van der Waals surface area contributed by atoms with Crippen LogP contribution in [0.5, 0.6) is 0 Å². The summed E-state index contributed by atoms with van der Waals surface area (Å²) in [5.41, 5.74) is 3.09. The van der Waals surface area contributed by atoms with Crippen molar-refractivity contribution < 1.29 is 9.21 Å². The number of halogens is 1. The van der Waals surface area contributed by atoms with Crippen molar-refractivity contribution in [3.05, 3.63) is 83.0 Å². The minimum absolute atomic E-state index is 0.00790. The van der Waals surface area contributed by atoms with Gasteiger partial charge in [-0.15, -0.1) is 0 Å². The molecule has 2 aliphatic rings. The summed E-state index contributed by atoms with van der Waals surface area (Å²) in [4.78, 5) is 15.7. The fraction of sp³-hybridized carbons (Fsp3) is 0.333. The molecule has 0 N–H and O–H groups in total. The standard InChI is InChI=1S/C24H25ClN4O2/c1-27-12-2-5-20(27)21-6-3-13-28(21)16-24(30)29-22(23-7-4-14-31-23)15-19(26-29)17-8-10-18(25)11-9-17/h2,4-5,7-12,14,21-22H,3,6,13,15-16H2,1H3/t21-,22+/m1/s1. The van der Waals surface area contributed by atoms with Crippen LogP contribution in [0.15, 0.2) is 70.5 Å². The van der Waals surface area contributed by atoms with Gasteiger partial charge >= 0.3 is 0 Å². The lowest BCUT2D eigenvalue weighted by molar-refractivity contribution is -0.134. The van der Waals surface area contributed by atoms with Gasteiger partial charge in [0.05, 0.1) is 24.6 Å². The Hall–Kier alpha value is -2.83. The molecule has 0 spiro atoms. The van der Waals surface area contributed by atoms with E-state index in [2.05, 4.69) is 34.8 Å². The molecule has 2 atom stereocenters. The normalized spacial score (nSPS) is 21.6. The van der Waals surface area contributed by atoms with Gasteiger partial charge in [-0.2, -0.15) is 5.10 Å². The molecule has 0 bridgehead atoms. The van der Waals surface area contributed by atoms with Crippen molar-refractivity contribution in [2.24, 2.45) is 12.1 Å². The Balaban J connectivity index is 1.39. The van der Waals surface area contributed by atoms with E-state index >= 15 is 0 Å². The van der Waals surface area contributed by atoms with Gasteiger partial charge in [0.2, 0.25) is 0 Å². The number of carbonyl (C=O) groups is 1. The number of hydrogen-bond acceptors (Lipinski definition) is 4. The number of amides is 1. The molecule has 1 fully saturated rings. The van der Waals surface area contributed by atoms with Gasteiger partial charge in [-0.05, 0) is 61.3 Å². The van der Waals surface area contributed by atoms with E-state index in [0.29, 0.717) is 18.0 Å². The number of carbonyl (C=O) groups excluding carboxylic acids is 1. The third kappa shape index (κ3) is 3.93. The first kappa shape index (κ1) is 20.1. The summed E-state index contributed by atoms with van der Waals surface area (Å²) in [5, 5.41) is 7.03. The van der Waals surface area contributed by atoms with Crippen molar-refractivity contribution in [3.63, 3.8) is 0 Å². The van der Waals surface area contributed by atoms with Crippen LogP contribution in [0.1, 0.15) is 48.4 Å². The third-order valence-corrected chi connectivity index (χ3v) is 6.49.